The Morgan fingerprint density at radius 2 is 0.812 bits per heavy atom. The fourth-order valence-corrected chi connectivity index (χ4v) is 0.333. The van der Waals surface area contributed by atoms with Gasteiger partial charge in [-0.15, -0.1) is 26.3 Å². The van der Waals surface area contributed by atoms with Crippen LogP contribution in [0.1, 0.15) is 53.4 Å². The summed E-state index contributed by atoms with van der Waals surface area (Å²) in [5.74, 6) is 0. The summed E-state index contributed by atoms with van der Waals surface area (Å²) in [5.41, 5.74) is 0. The third kappa shape index (κ3) is 118. The Morgan fingerprint density at radius 1 is 0.625 bits per heavy atom. The zero-order valence-electron chi connectivity index (χ0n) is 12.0. The molecule has 0 spiro atoms. The first-order valence-corrected chi connectivity index (χ1v) is 6.11. The van der Waals surface area contributed by atoms with Gasteiger partial charge in [-0.05, 0) is 25.7 Å². The summed E-state index contributed by atoms with van der Waals surface area (Å²) in [6.45, 7) is 21.4. The molecule has 0 aliphatic rings. The lowest BCUT2D eigenvalue weighted by molar-refractivity contribution is 1.16. The molecule has 0 N–H and O–H groups in total. The molecule has 0 saturated carbocycles. The summed E-state index contributed by atoms with van der Waals surface area (Å²) < 4.78 is 0. The molecule has 96 valence electrons. The average molecular weight is 224 g/mol. The van der Waals surface area contributed by atoms with Crippen molar-refractivity contribution in [2.24, 2.45) is 0 Å². The van der Waals surface area contributed by atoms with Gasteiger partial charge in [-0.2, -0.15) is 0 Å². The lowest BCUT2D eigenvalue weighted by Crippen LogP contribution is -1.51. The van der Waals surface area contributed by atoms with Crippen molar-refractivity contribution in [3.05, 3.63) is 50.6 Å². The van der Waals surface area contributed by atoms with Crippen LogP contribution < -0.4 is 0 Å². The molecule has 0 aromatic rings. The quantitative estimate of drug-likeness (QED) is 0.489. The van der Waals surface area contributed by atoms with Crippen LogP contribution in [0.3, 0.4) is 0 Å². The Balaban J connectivity index is -0.0000000643. The van der Waals surface area contributed by atoms with Gasteiger partial charge in [0, 0.05) is 0 Å². The average Bonchev–Trinajstić information content (AvgIpc) is 2.39. The monoisotopic (exact) mass is 224 g/mol. The van der Waals surface area contributed by atoms with Crippen molar-refractivity contribution in [1.82, 2.24) is 0 Å². The van der Waals surface area contributed by atoms with Crippen molar-refractivity contribution in [3.63, 3.8) is 0 Å². The van der Waals surface area contributed by atoms with Gasteiger partial charge in [0.05, 0.1) is 0 Å². The van der Waals surface area contributed by atoms with Gasteiger partial charge in [0.1, 0.15) is 0 Å². The summed E-state index contributed by atoms with van der Waals surface area (Å²) in [6, 6.07) is 0. The van der Waals surface area contributed by atoms with Crippen molar-refractivity contribution in [3.8, 4) is 0 Å². The van der Waals surface area contributed by atoms with E-state index in [1.54, 1.807) is 0 Å². The number of hydrogen-bond acceptors (Lipinski definition) is 0. The second-order valence-electron chi connectivity index (χ2n) is 2.68. The number of allylic oxidation sites excluding steroid dienone is 4. The topological polar surface area (TPSA) is 0 Å². The van der Waals surface area contributed by atoms with Gasteiger partial charge < -0.3 is 0 Å². The minimum absolute atomic E-state index is 1.08. The Bertz CT molecular complexity index is 106. The highest BCUT2D eigenvalue weighted by atomic mass is 13.7. The molecular formula is C16H32. The molecule has 0 amide bonds. The molecule has 0 radical (unpaired) electrons. The standard InChI is InChI=1S/C6H12.2C4H8.C2H4/c1-3-5-6-4-2;2*1-3-4-2;1-2/h5-6H,3-4H2,1-2H3;2*3H,1,4H2,2H3;1-2H2/b6-5-;;;. The summed E-state index contributed by atoms with van der Waals surface area (Å²) in [4.78, 5) is 0. The van der Waals surface area contributed by atoms with Crippen LogP contribution in [0.5, 0.6) is 0 Å². The second kappa shape index (κ2) is 48.4. The highest BCUT2D eigenvalue weighted by Crippen LogP contribution is 1.81. The Morgan fingerprint density at radius 3 is 0.875 bits per heavy atom. The minimum Gasteiger partial charge on any atom is -0.106 e. The highest BCUT2D eigenvalue weighted by molar-refractivity contribution is 4.77. The van der Waals surface area contributed by atoms with Crippen molar-refractivity contribution in [2.75, 3.05) is 0 Å². The normalized spacial score (nSPS) is 7.25. The molecule has 0 aliphatic heterocycles. The third-order valence-corrected chi connectivity index (χ3v) is 1.22. The van der Waals surface area contributed by atoms with Crippen LogP contribution in [0.15, 0.2) is 50.6 Å². The molecule has 0 aromatic heterocycles. The molecule has 0 aromatic carbocycles. The van der Waals surface area contributed by atoms with E-state index < -0.39 is 0 Å². The molecule has 0 aliphatic carbocycles. The van der Waals surface area contributed by atoms with Crippen molar-refractivity contribution < 1.29 is 0 Å². The van der Waals surface area contributed by atoms with E-state index in [0.29, 0.717) is 0 Å². The van der Waals surface area contributed by atoms with Gasteiger partial charge in [0.25, 0.3) is 0 Å². The van der Waals surface area contributed by atoms with E-state index in [2.05, 4.69) is 66.2 Å². The fraction of sp³-hybridized carbons (Fsp3) is 0.500. The van der Waals surface area contributed by atoms with Gasteiger partial charge in [-0.25, -0.2) is 0 Å². The van der Waals surface area contributed by atoms with Crippen LogP contribution in [-0.2, 0) is 0 Å². The molecule has 0 fully saturated rings. The molecule has 0 bridgehead atoms. The largest absolute Gasteiger partial charge is 0.106 e. The van der Waals surface area contributed by atoms with E-state index in [-0.39, 0.29) is 0 Å². The Labute approximate surface area is 104 Å². The van der Waals surface area contributed by atoms with Crippen LogP contribution in [-0.4, -0.2) is 0 Å². The Hall–Kier alpha value is -1.04. The van der Waals surface area contributed by atoms with Gasteiger partial charge in [0.2, 0.25) is 0 Å². The van der Waals surface area contributed by atoms with E-state index >= 15 is 0 Å². The van der Waals surface area contributed by atoms with Crippen LogP contribution in [0.4, 0.5) is 0 Å². The highest BCUT2D eigenvalue weighted by Gasteiger charge is 1.60. The van der Waals surface area contributed by atoms with E-state index in [0.717, 1.165) is 12.8 Å². The summed E-state index contributed by atoms with van der Waals surface area (Å²) in [7, 11) is 0. The van der Waals surface area contributed by atoms with Gasteiger partial charge in [-0.3, -0.25) is 0 Å². The zero-order chi connectivity index (χ0) is 13.7. The fourth-order valence-electron chi connectivity index (χ4n) is 0.333. The van der Waals surface area contributed by atoms with Gasteiger partial charge >= 0.3 is 0 Å². The molecule has 0 heterocycles. The maximum absolute atomic E-state index is 3.48. The number of hydrogen-bond donors (Lipinski definition) is 0. The summed E-state index contributed by atoms with van der Waals surface area (Å²) in [5, 5.41) is 0. The SMILES string of the molecule is C=C.C=CCC.C=CCC.CC/C=C\CC. The minimum atomic E-state index is 1.08. The molecule has 16 heavy (non-hydrogen) atoms. The maximum Gasteiger partial charge on any atom is -0.0379 e. The summed E-state index contributed by atoms with van der Waals surface area (Å²) >= 11 is 0. The second-order valence-corrected chi connectivity index (χ2v) is 2.68. The molecule has 0 saturated heterocycles. The van der Waals surface area contributed by atoms with E-state index in [4.69, 9.17) is 0 Å². The van der Waals surface area contributed by atoms with E-state index in [9.17, 15) is 0 Å². The van der Waals surface area contributed by atoms with Crippen molar-refractivity contribution in [1.29, 1.82) is 0 Å². The third-order valence-electron chi connectivity index (χ3n) is 1.22. The maximum atomic E-state index is 3.48. The first kappa shape index (κ1) is 24.3. The van der Waals surface area contributed by atoms with E-state index in [1.807, 2.05) is 12.2 Å². The first-order chi connectivity index (χ1) is 7.74. The zero-order valence-corrected chi connectivity index (χ0v) is 12.0. The molecular weight excluding hydrogens is 192 g/mol. The van der Waals surface area contributed by atoms with Crippen LogP contribution >= 0.6 is 0 Å². The molecule has 0 atom stereocenters. The Kier molecular flexibility index (Phi) is 73.4. The first-order valence-electron chi connectivity index (χ1n) is 6.11. The predicted octanol–water partition coefficient (Wildman–Crippen LogP) is 6.33. The van der Waals surface area contributed by atoms with Crippen LogP contribution in [0, 0.1) is 0 Å². The lowest BCUT2D eigenvalue weighted by atomic mass is 10.4. The van der Waals surface area contributed by atoms with Crippen molar-refractivity contribution >= 4 is 0 Å². The van der Waals surface area contributed by atoms with Crippen molar-refractivity contribution in [2.45, 2.75) is 53.4 Å². The van der Waals surface area contributed by atoms with Gasteiger partial charge in [0.15, 0.2) is 0 Å². The smallest absolute Gasteiger partial charge is 0.0379 e. The molecule has 0 nitrogen and oxygen atoms in total. The van der Waals surface area contributed by atoms with Crippen LogP contribution in [0.2, 0.25) is 0 Å². The van der Waals surface area contributed by atoms with Gasteiger partial charge in [-0.1, -0.05) is 52.0 Å². The summed E-state index contributed by atoms with van der Waals surface area (Å²) in [6.07, 6.45) is 12.6. The predicted molar refractivity (Wildman–Crippen MR) is 82.0 cm³/mol. The van der Waals surface area contributed by atoms with E-state index in [1.165, 1.54) is 12.8 Å². The number of rotatable bonds is 4. The molecule has 0 unspecified atom stereocenters. The molecule has 0 heteroatoms. The molecule has 0 rings (SSSR count). The van der Waals surface area contributed by atoms with Crippen LogP contribution in [0.25, 0.3) is 0 Å². The lowest BCUT2D eigenvalue weighted by Gasteiger charge is -1.72.